The molecule has 0 spiro atoms. The predicted octanol–water partition coefficient (Wildman–Crippen LogP) is 2.48. The molecule has 0 aliphatic rings. The largest absolute Gasteiger partial charge is 0.423 e. The van der Waals surface area contributed by atoms with Gasteiger partial charge in [-0.3, -0.25) is 0 Å². The summed E-state index contributed by atoms with van der Waals surface area (Å²) in [4.78, 5) is 8.45. The van der Waals surface area contributed by atoms with Crippen LogP contribution in [-0.4, -0.2) is 9.97 Å². The van der Waals surface area contributed by atoms with E-state index in [1.54, 1.807) is 23.6 Å². The van der Waals surface area contributed by atoms with Gasteiger partial charge in [0.15, 0.2) is 5.58 Å². The number of rotatable bonds is 3. The molecule has 0 saturated heterocycles. The zero-order valence-corrected chi connectivity index (χ0v) is 9.70. The first kappa shape index (κ1) is 10.1. The molecule has 6 heteroatoms. The highest BCUT2D eigenvalue weighted by molar-refractivity contribution is 7.09. The molecule has 3 aromatic rings. The number of aromatic nitrogens is 2. The van der Waals surface area contributed by atoms with E-state index in [-0.39, 0.29) is 0 Å². The maximum absolute atomic E-state index is 5.80. The average Bonchev–Trinajstić information content (AvgIpc) is 2.95. The van der Waals surface area contributed by atoms with Gasteiger partial charge in [0.25, 0.3) is 6.01 Å². The fourth-order valence-corrected chi connectivity index (χ4v) is 2.09. The minimum atomic E-state index is 0.466. The van der Waals surface area contributed by atoms with Gasteiger partial charge in [0.2, 0.25) is 0 Å². The monoisotopic (exact) mass is 246 g/mol. The summed E-state index contributed by atoms with van der Waals surface area (Å²) in [6.45, 7) is 0.602. The van der Waals surface area contributed by atoms with Crippen molar-refractivity contribution in [3.8, 4) is 0 Å². The molecule has 0 saturated carbocycles. The summed E-state index contributed by atoms with van der Waals surface area (Å²) in [5.74, 6) is 0. The predicted molar refractivity (Wildman–Crippen MR) is 67.9 cm³/mol. The highest BCUT2D eigenvalue weighted by Crippen LogP contribution is 2.23. The van der Waals surface area contributed by atoms with Gasteiger partial charge < -0.3 is 15.5 Å². The summed E-state index contributed by atoms with van der Waals surface area (Å²) in [6, 6.07) is 5.95. The van der Waals surface area contributed by atoms with Crippen LogP contribution < -0.4 is 11.1 Å². The second kappa shape index (κ2) is 4.06. The number of hydrogen-bond acceptors (Lipinski definition) is 6. The first-order valence-corrected chi connectivity index (χ1v) is 5.98. The number of nitrogens with one attached hydrogen (secondary N) is 1. The Kier molecular flexibility index (Phi) is 2.41. The van der Waals surface area contributed by atoms with Gasteiger partial charge in [-0.2, -0.15) is 4.98 Å². The van der Waals surface area contributed by atoms with E-state index in [4.69, 9.17) is 10.2 Å². The van der Waals surface area contributed by atoms with Crippen molar-refractivity contribution in [3.05, 3.63) is 34.8 Å². The molecule has 0 bridgehead atoms. The minimum Gasteiger partial charge on any atom is -0.423 e. The van der Waals surface area contributed by atoms with E-state index in [0.29, 0.717) is 29.3 Å². The molecule has 1 aromatic carbocycles. The summed E-state index contributed by atoms with van der Waals surface area (Å²) in [5.41, 5.74) is 7.79. The van der Waals surface area contributed by atoms with Crippen molar-refractivity contribution in [1.29, 1.82) is 0 Å². The molecule has 17 heavy (non-hydrogen) atoms. The first-order valence-electron chi connectivity index (χ1n) is 5.10. The lowest BCUT2D eigenvalue weighted by atomic mass is 10.3. The van der Waals surface area contributed by atoms with Crippen molar-refractivity contribution >= 4 is 34.1 Å². The Morgan fingerprint density at radius 3 is 3.12 bits per heavy atom. The zero-order chi connectivity index (χ0) is 11.7. The van der Waals surface area contributed by atoms with Crippen molar-refractivity contribution in [2.45, 2.75) is 6.54 Å². The van der Waals surface area contributed by atoms with Gasteiger partial charge in [-0.25, -0.2) is 4.98 Å². The van der Waals surface area contributed by atoms with Crippen LogP contribution in [0.3, 0.4) is 0 Å². The van der Waals surface area contributed by atoms with Crippen LogP contribution in [0, 0.1) is 0 Å². The molecule has 0 fully saturated rings. The highest BCUT2D eigenvalue weighted by atomic mass is 32.1. The fourth-order valence-electron chi connectivity index (χ4n) is 1.54. The van der Waals surface area contributed by atoms with Crippen molar-refractivity contribution in [1.82, 2.24) is 9.97 Å². The van der Waals surface area contributed by atoms with E-state index >= 15 is 0 Å². The Bertz CT molecular complexity index is 632. The quantitative estimate of drug-likeness (QED) is 0.694. The molecular formula is C11H10N4OS. The molecule has 3 N–H and O–H groups in total. The number of thiazole rings is 1. The molecule has 0 unspecified atom stereocenters. The standard InChI is InChI=1S/C11H10N4OS/c12-7-2-1-3-8-10(7)15-11(16-8)14-6-9-13-4-5-17-9/h1-5H,6,12H2,(H,14,15). The van der Waals surface area contributed by atoms with Gasteiger partial charge in [-0.1, -0.05) is 6.07 Å². The van der Waals surface area contributed by atoms with Crippen molar-refractivity contribution < 1.29 is 4.42 Å². The highest BCUT2D eigenvalue weighted by Gasteiger charge is 2.07. The van der Waals surface area contributed by atoms with E-state index in [0.717, 1.165) is 5.01 Å². The van der Waals surface area contributed by atoms with E-state index in [1.165, 1.54) is 0 Å². The third-order valence-electron chi connectivity index (χ3n) is 2.32. The number of nitrogens with two attached hydrogens (primary N) is 1. The Morgan fingerprint density at radius 1 is 1.41 bits per heavy atom. The molecule has 0 aliphatic heterocycles. The van der Waals surface area contributed by atoms with Crippen molar-refractivity contribution in [2.75, 3.05) is 11.1 Å². The second-order valence-corrected chi connectivity index (χ2v) is 4.47. The molecule has 3 rings (SSSR count). The Balaban J connectivity index is 1.84. The van der Waals surface area contributed by atoms with Crippen LogP contribution in [0.25, 0.3) is 11.1 Å². The SMILES string of the molecule is Nc1cccc2oc(NCc3nccs3)nc12. The third-order valence-corrected chi connectivity index (χ3v) is 3.10. The summed E-state index contributed by atoms with van der Waals surface area (Å²) in [7, 11) is 0. The van der Waals surface area contributed by atoms with Crippen molar-refractivity contribution in [3.63, 3.8) is 0 Å². The number of anilines is 2. The number of para-hydroxylation sites is 1. The van der Waals surface area contributed by atoms with Gasteiger partial charge in [-0.15, -0.1) is 11.3 Å². The Hall–Kier alpha value is -2.08. The molecule has 2 heterocycles. The minimum absolute atomic E-state index is 0.466. The van der Waals surface area contributed by atoms with Crippen LogP contribution in [0.15, 0.2) is 34.2 Å². The first-order chi connectivity index (χ1) is 8.33. The van der Waals surface area contributed by atoms with E-state index in [1.807, 2.05) is 17.5 Å². The maximum Gasteiger partial charge on any atom is 0.296 e. The summed E-state index contributed by atoms with van der Waals surface area (Å²) in [6.07, 6.45) is 1.77. The number of hydrogen-bond donors (Lipinski definition) is 2. The fraction of sp³-hybridized carbons (Fsp3) is 0.0909. The number of nitrogen functional groups attached to an aromatic ring is 1. The van der Waals surface area contributed by atoms with Gasteiger partial charge in [0.1, 0.15) is 10.5 Å². The molecule has 0 radical (unpaired) electrons. The molecular weight excluding hydrogens is 236 g/mol. The zero-order valence-electron chi connectivity index (χ0n) is 8.88. The van der Waals surface area contributed by atoms with Crippen molar-refractivity contribution in [2.24, 2.45) is 0 Å². The lowest BCUT2D eigenvalue weighted by Gasteiger charge is -1.96. The maximum atomic E-state index is 5.80. The number of fused-ring (bicyclic) bond motifs is 1. The van der Waals surface area contributed by atoms with Crippen LogP contribution in [0.5, 0.6) is 0 Å². The van der Waals surface area contributed by atoms with Gasteiger partial charge >= 0.3 is 0 Å². The van der Waals surface area contributed by atoms with E-state index < -0.39 is 0 Å². The molecule has 0 atom stereocenters. The number of oxazole rings is 1. The molecule has 5 nitrogen and oxygen atoms in total. The van der Waals surface area contributed by atoms with E-state index in [9.17, 15) is 0 Å². The van der Waals surface area contributed by atoms with Crippen LogP contribution in [0.1, 0.15) is 5.01 Å². The Labute approximate surface area is 101 Å². The molecule has 0 amide bonds. The number of benzene rings is 1. The lowest BCUT2D eigenvalue weighted by molar-refractivity contribution is 0.614. The normalized spacial score (nSPS) is 10.8. The van der Waals surface area contributed by atoms with Crippen LogP contribution in [0.4, 0.5) is 11.7 Å². The molecule has 2 aromatic heterocycles. The average molecular weight is 246 g/mol. The van der Waals surface area contributed by atoms with Crippen LogP contribution >= 0.6 is 11.3 Å². The van der Waals surface area contributed by atoms with E-state index in [2.05, 4.69) is 15.3 Å². The molecule has 0 aliphatic carbocycles. The topological polar surface area (TPSA) is 77.0 Å². The molecule has 86 valence electrons. The lowest BCUT2D eigenvalue weighted by Crippen LogP contribution is -1.98. The number of nitrogens with zero attached hydrogens (tertiary/aromatic N) is 2. The summed E-state index contributed by atoms with van der Waals surface area (Å²) >= 11 is 1.58. The van der Waals surface area contributed by atoms with Crippen LogP contribution in [0.2, 0.25) is 0 Å². The Morgan fingerprint density at radius 2 is 2.35 bits per heavy atom. The van der Waals surface area contributed by atoms with Gasteiger partial charge in [-0.05, 0) is 12.1 Å². The third kappa shape index (κ3) is 1.94. The summed E-state index contributed by atoms with van der Waals surface area (Å²) in [5, 5.41) is 6.00. The summed E-state index contributed by atoms with van der Waals surface area (Å²) < 4.78 is 5.52. The second-order valence-electron chi connectivity index (χ2n) is 3.49. The van der Waals surface area contributed by atoms with Gasteiger partial charge in [0.05, 0.1) is 12.2 Å². The smallest absolute Gasteiger partial charge is 0.296 e. The van der Waals surface area contributed by atoms with Gasteiger partial charge in [0, 0.05) is 11.6 Å². The van der Waals surface area contributed by atoms with Crippen LogP contribution in [-0.2, 0) is 6.54 Å².